The Balaban J connectivity index is 2.28. The number of pyridine rings is 1. The highest BCUT2D eigenvalue weighted by atomic mass is 79.9. The number of hydrogen-bond acceptors (Lipinski definition) is 3. The third-order valence-corrected chi connectivity index (χ3v) is 3.60. The average Bonchev–Trinajstić information content (AvgIpc) is 2.60. The first-order valence-corrected chi connectivity index (χ1v) is 6.52. The largest absolute Gasteiger partial charge is 0.330 e. The molecule has 1 aliphatic rings. The van der Waals surface area contributed by atoms with Gasteiger partial charge in [-0.15, -0.1) is 0 Å². The third kappa shape index (κ3) is 2.28. The topological polar surface area (TPSA) is 59.2 Å². The van der Waals surface area contributed by atoms with Crippen molar-refractivity contribution in [3.8, 4) is 0 Å². The second-order valence-corrected chi connectivity index (χ2v) is 5.54. The number of amides is 1. The molecule has 1 fully saturated rings. The first kappa shape index (κ1) is 12.0. The molecule has 0 radical (unpaired) electrons. The fourth-order valence-electron chi connectivity index (χ4n) is 1.75. The SMILES string of the molecule is NCC1CC(=O)N(c2ncc(Br)cc2Br)C1. The molecule has 1 saturated heterocycles. The van der Waals surface area contributed by atoms with Gasteiger partial charge in [0.15, 0.2) is 0 Å². The maximum absolute atomic E-state index is 11.8. The Hall–Kier alpha value is -0.460. The molecular weight excluding hydrogens is 338 g/mol. The van der Waals surface area contributed by atoms with E-state index in [1.165, 1.54) is 0 Å². The Kier molecular flexibility index (Phi) is 3.61. The lowest BCUT2D eigenvalue weighted by atomic mass is 10.1. The van der Waals surface area contributed by atoms with Crippen molar-refractivity contribution >= 4 is 43.6 Å². The molecule has 1 unspecified atom stereocenters. The van der Waals surface area contributed by atoms with Crippen LogP contribution in [0.4, 0.5) is 5.82 Å². The van der Waals surface area contributed by atoms with Crippen molar-refractivity contribution in [2.24, 2.45) is 11.7 Å². The van der Waals surface area contributed by atoms with Gasteiger partial charge in [-0.25, -0.2) is 4.98 Å². The van der Waals surface area contributed by atoms with E-state index >= 15 is 0 Å². The zero-order valence-electron chi connectivity index (χ0n) is 8.49. The molecule has 6 heteroatoms. The van der Waals surface area contributed by atoms with Crippen molar-refractivity contribution in [3.05, 3.63) is 21.2 Å². The molecule has 1 aliphatic heterocycles. The average molecular weight is 349 g/mol. The summed E-state index contributed by atoms with van der Waals surface area (Å²) in [6.07, 6.45) is 2.20. The predicted molar refractivity (Wildman–Crippen MR) is 69.2 cm³/mol. The molecule has 16 heavy (non-hydrogen) atoms. The first-order chi connectivity index (χ1) is 7.61. The van der Waals surface area contributed by atoms with E-state index in [9.17, 15) is 4.79 Å². The number of aromatic nitrogens is 1. The van der Waals surface area contributed by atoms with Crippen molar-refractivity contribution in [2.75, 3.05) is 18.0 Å². The van der Waals surface area contributed by atoms with E-state index in [1.54, 1.807) is 11.1 Å². The molecule has 2 rings (SSSR count). The van der Waals surface area contributed by atoms with Gasteiger partial charge in [0.2, 0.25) is 5.91 Å². The van der Waals surface area contributed by atoms with Gasteiger partial charge >= 0.3 is 0 Å². The van der Waals surface area contributed by atoms with E-state index in [0.717, 1.165) is 8.95 Å². The minimum atomic E-state index is 0.0889. The number of anilines is 1. The van der Waals surface area contributed by atoms with Crippen LogP contribution in [0.5, 0.6) is 0 Å². The normalized spacial score (nSPS) is 20.6. The minimum Gasteiger partial charge on any atom is -0.330 e. The van der Waals surface area contributed by atoms with E-state index < -0.39 is 0 Å². The summed E-state index contributed by atoms with van der Waals surface area (Å²) in [5.74, 6) is 1.000. The summed E-state index contributed by atoms with van der Waals surface area (Å²) in [6.45, 7) is 1.19. The molecule has 1 atom stereocenters. The van der Waals surface area contributed by atoms with Crippen LogP contribution in [0.25, 0.3) is 0 Å². The second-order valence-electron chi connectivity index (χ2n) is 3.77. The summed E-state index contributed by atoms with van der Waals surface area (Å²) < 4.78 is 1.69. The lowest BCUT2D eigenvalue weighted by Crippen LogP contribution is -2.26. The lowest BCUT2D eigenvalue weighted by Gasteiger charge is -2.16. The van der Waals surface area contributed by atoms with Crippen LogP contribution in [0.1, 0.15) is 6.42 Å². The predicted octanol–water partition coefficient (Wildman–Crippen LogP) is 1.92. The zero-order chi connectivity index (χ0) is 11.7. The van der Waals surface area contributed by atoms with E-state index in [4.69, 9.17) is 5.73 Å². The summed E-state index contributed by atoms with van der Waals surface area (Å²) in [5, 5.41) is 0. The molecule has 0 aliphatic carbocycles. The standard InChI is InChI=1S/C10H11Br2N3O/c11-7-2-8(12)10(14-4-7)15-5-6(3-13)1-9(15)16/h2,4,6H,1,3,5,13H2. The minimum absolute atomic E-state index is 0.0889. The zero-order valence-corrected chi connectivity index (χ0v) is 11.7. The smallest absolute Gasteiger partial charge is 0.228 e. The van der Waals surface area contributed by atoms with Crippen molar-refractivity contribution in [2.45, 2.75) is 6.42 Å². The summed E-state index contributed by atoms with van der Waals surface area (Å²) in [6, 6.07) is 1.88. The molecule has 1 aromatic heterocycles. The van der Waals surface area contributed by atoms with Crippen LogP contribution in [-0.2, 0) is 4.79 Å². The van der Waals surface area contributed by atoms with Gasteiger partial charge in [0, 0.05) is 23.6 Å². The maximum Gasteiger partial charge on any atom is 0.228 e. The molecular formula is C10H11Br2N3O. The monoisotopic (exact) mass is 347 g/mol. The Labute approximate surface area is 110 Å². The van der Waals surface area contributed by atoms with Crippen molar-refractivity contribution in [3.63, 3.8) is 0 Å². The first-order valence-electron chi connectivity index (χ1n) is 4.93. The molecule has 4 nitrogen and oxygen atoms in total. The molecule has 86 valence electrons. The van der Waals surface area contributed by atoms with Crippen molar-refractivity contribution in [1.82, 2.24) is 4.98 Å². The van der Waals surface area contributed by atoms with Crippen LogP contribution >= 0.6 is 31.9 Å². The van der Waals surface area contributed by atoms with E-state index in [-0.39, 0.29) is 11.8 Å². The van der Waals surface area contributed by atoms with Gasteiger partial charge in [0.05, 0.1) is 4.47 Å². The van der Waals surface area contributed by atoms with E-state index in [2.05, 4.69) is 36.8 Å². The molecule has 0 spiro atoms. The summed E-state index contributed by atoms with van der Waals surface area (Å²) in [5.41, 5.74) is 5.58. The number of nitrogens with two attached hydrogens (primary N) is 1. The fourth-order valence-corrected chi connectivity index (χ4v) is 2.95. The molecule has 2 heterocycles. The molecule has 1 aromatic rings. The second kappa shape index (κ2) is 4.81. The summed E-state index contributed by atoms with van der Waals surface area (Å²) in [7, 11) is 0. The van der Waals surface area contributed by atoms with Gasteiger partial charge in [-0.2, -0.15) is 0 Å². The van der Waals surface area contributed by atoms with Crippen LogP contribution < -0.4 is 10.6 Å². The maximum atomic E-state index is 11.8. The van der Waals surface area contributed by atoms with Crippen molar-refractivity contribution < 1.29 is 4.79 Å². The Morgan fingerprint density at radius 1 is 1.56 bits per heavy atom. The number of rotatable bonds is 2. The van der Waals surface area contributed by atoms with Gasteiger partial charge in [0.1, 0.15) is 5.82 Å². The third-order valence-electron chi connectivity index (χ3n) is 2.58. The van der Waals surface area contributed by atoms with Gasteiger partial charge in [-0.1, -0.05) is 0 Å². The molecule has 0 aromatic carbocycles. The molecule has 1 amide bonds. The van der Waals surface area contributed by atoms with E-state index in [0.29, 0.717) is 25.3 Å². The van der Waals surface area contributed by atoms with Gasteiger partial charge in [-0.05, 0) is 50.4 Å². The fraction of sp³-hybridized carbons (Fsp3) is 0.400. The van der Waals surface area contributed by atoms with Crippen molar-refractivity contribution in [1.29, 1.82) is 0 Å². The Morgan fingerprint density at radius 3 is 2.88 bits per heavy atom. The highest BCUT2D eigenvalue weighted by Gasteiger charge is 2.31. The number of carbonyl (C=O) groups is 1. The van der Waals surface area contributed by atoms with Gasteiger partial charge in [0.25, 0.3) is 0 Å². The van der Waals surface area contributed by atoms with Crippen LogP contribution in [0.2, 0.25) is 0 Å². The molecule has 0 saturated carbocycles. The highest BCUT2D eigenvalue weighted by Crippen LogP contribution is 2.30. The Bertz CT molecular complexity index is 425. The van der Waals surface area contributed by atoms with Crippen LogP contribution in [0, 0.1) is 5.92 Å². The lowest BCUT2D eigenvalue weighted by molar-refractivity contribution is -0.117. The highest BCUT2D eigenvalue weighted by molar-refractivity contribution is 9.11. The van der Waals surface area contributed by atoms with Crippen LogP contribution in [0.15, 0.2) is 21.2 Å². The van der Waals surface area contributed by atoms with Gasteiger partial charge < -0.3 is 5.73 Å². The number of halogens is 2. The van der Waals surface area contributed by atoms with E-state index in [1.807, 2.05) is 6.07 Å². The number of nitrogens with zero attached hydrogens (tertiary/aromatic N) is 2. The quantitative estimate of drug-likeness (QED) is 0.888. The molecule has 0 bridgehead atoms. The number of hydrogen-bond donors (Lipinski definition) is 1. The Morgan fingerprint density at radius 2 is 2.31 bits per heavy atom. The summed E-state index contributed by atoms with van der Waals surface area (Å²) >= 11 is 6.74. The summed E-state index contributed by atoms with van der Waals surface area (Å²) in [4.78, 5) is 17.7. The van der Waals surface area contributed by atoms with Gasteiger partial charge in [-0.3, -0.25) is 9.69 Å². The number of carbonyl (C=O) groups excluding carboxylic acids is 1. The molecule has 2 N–H and O–H groups in total. The van der Waals surface area contributed by atoms with Crippen LogP contribution in [-0.4, -0.2) is 24.0 Å². The van der Waals surface area contributed by atoms with Crippen LogP contribution in [0.3, 0.4) is 0 Å².